The zero-order chi connectivity index (χ0) is 14.0. The number of anilines is 2. The van der Waals surface area contributed by atoms with E-state index in [4.69, 9.17) is 16.1 Å². The fourth-order valence-electron chi connectivity index (χ4n) is 2.01. The molecule has 1 fully saturated rings. The predicted molar refractivity (Wildman–Crippen MR) is 72.8 cm³/mol. The Balaban J connectivity index is 2.38. The molecule has 0 atom stereocenters. The van der Waals surface area contributed by atoms with E-state index < -0.39 is 10.0 Å². The van der Waals surface area contributed by atoms with Gasteiger partial charge in [0.05, 0.1) is 28.8 Å². The Morgan fingerprint density at radius 3 is 2.63 bits per heavy atom. The number of nitrogens with zero attached hydrogens (tertiary/aromatic N) is 2. The second kappa shape index (κ2) is 5.07. The second-order valence-electron chi connectivity index (χ2n) is 4.60. The van der Waals surface area contributed by atoms with Gasteiger partial charge in [-0.1, -0.05) is 0 Å². The Morgan fingerprint density at radius 1 is 1.42 bits per heavy atom. The number of rotatable bonds is 5. The van der Waals surface area contributed by atoms with Crippen LogP contribution in [0.1, 0.15) is 19.3 Å². The van der Waals surface area contributed by atoms with Gasteiger partial charge in [0.2, 0.25) is 10.0 Å². The van der Waals surface area contributed by atoms with Crippen molar-refractivity contribution >= 4 is 21.4 Å². The third kappa shape index (κ3) is 3.16. The molecule has 0 saturated heterocycles. The van der Waals surface area contributed by atoms with Gasteiger partial charge < -0.3 is 10.6 Å². The number of benzene rings is 1. The summed E-state index contributed by atoms with van der Waals surface area (Å²) in [6.45, 7) is 0.541. The van der Waals surface area contributed by atoms with E-state index in [2.05, 4.69) is 6.07 Å². The van der Waals surface area contributed by atoms with Gasteiger partial charge in [0.15, 0.2) is 0 Å². The minimum Gasteiger partial charge on any atom is -0.397 e. The molecule has 0 unspecified atom stereocenters. The molecular weight excluding hydrogens is 264 g/mol. The molecule has 0 aliphatic heterocycles. The molecule has 0 bridgehead atoms. The van der Waals surface area contributed by atoms with Crippen LogP contribution >= 0.6 is 0 Å². The number of nitrogens with two attached hydrogens (primary N) is 2. The number of primary sulfonamides is 1. The average molecular weight is 280 g/mol. The largest absolute Gasteiger partial charge is 0.397 e. The second-order valence-corrected chi connectivity index (χ2v) is 6.16. The highest BCUT2D eigenvalue weighted by Gasteiger charge is 2.30. The predicted octanol–water partition coefficient (Wildman–Crippen LogP) is 0.799. The first-order valence-corrected chi connectivity index (χ1v) is 7.54. The first-order valence-electron chi connectivity index (χ1n) is 5.99. The molecule has 4 N–H and O–H groups in total. The molecule has 1 aliphatic rings. The number of hydrogen-bond acceptors (Lipinski definition) is 5. The van der Waals surface area contributed by atoms with E-state index in [0.29, 0.717) is 30.4 Å². The lowest BCUT2D eigenvalue weighted by molar-refractivity contribution is 0.597. The van der Waals surface area contributed by atoms with Gasteiger partial charge in [-0.05, 0) is 31.0 Å². The van der Waals surface area contributed by atoms with Crippen molar-refractivity contribution in [1.29, 1.82) is 5.26 Å². The van der Waals surface area contributed by atoms with Crippen molar-refractivity contribution in [3.05, 3.63) is 18.2 Å². The van der Waals surface area contributed by atoms with E-state index in [1.807, 2.05) is 4.90 Å². The maximum absolute atomic E-state index is 11.4. The van der Waals surface area contributed by atoms with Crippen molar-refractivity contribution in [3.63, 3.8) is 0 Å². The summed E-state index contributed by atoms with van der Waals surface area (Å²) in [5.41, 5.74) is 7.05. The Hall–Kier alpha value is -1.78. The van der Waals surface area contributed by atoms with Crippen molar-refractivity contribution in [3.8, 4) is 6.07 Å². The quantitative estimate of drug-likeness (QED) is 0.774. The maximum Gasteiger partial charge on any atom is 0.238 e. The molecule has 0 aromatic heterocycles. The highest BCUT2D eigenvalue weighted by Crippen LogP contribution is 2.35. The van der Waals surface area contributed by atoms with Crippen LogP contribution < -0.4 is 15.8 Å². The summed E-state index contributed by atoms with van der Waals surface area (Å²) in [4.78, 5) is 2.03. The van der Waals surface area contributed by atoms with Gasteiger partial charge in [0.1, 0.15) is 0 Å². The van der Waals surface area contributed by atoms with Crippen molar-refractivity contribution in [2.45, 2.75) is 30.2 Å². The van der Waals surface area contributed by atoms with Crippen LogP contribution in [0.15, 0.2) is 23.1 Å². The van der Waals surface area contributed by atoms with Crippen LogP contribution in [0, 0.1) is 11.3 Å². The highest BCUT2D eigenvalue weighted by atomic mass is 32.2. The van der Waals surface area contributed by atoms with Crippen LogP contribution in [0.2, 0.25) is 0 Å². The zero-order valence-corrected chi connectivity index (χ0v) is 11.2. The van der Waals surface area contributed by atoms with E-state index in [-0.39, 0.29) is 4.90 Å². The van der Waals surface area contributed by atoms with E-state index in [1.54, 1.807) is 0 Å². The minimum absolute atomic E-state index is 0.0410. The van der Waals surface area contributed by atoms with E-state index >= 15 is 0 Å². The Kier molecular flexibility index (Phi) is 3.64. The highest BCUT2D eigenvalue weighted by molar-refractivity contribution is 7.89. The normalized spacial score (nSPS) is 14.9. The summed E-state index contributed by atoms with van der Waals surface area (Å²) in [7, 11) is -3.75. The molecule has 0 heterocycles. The molecule has 1 saturated carbocycles. The summed E-state index contributed by atoms with van der Waals surface area (Å²) in [6.07, 6.45) is 2.44. The maximum atomic E-state index is 11.4. The summed E-state index contributed by atoms with van der Waals surface area (Å²) >= 11 is 0. The lowest BCUT2D eigenvalue weighted by Crippen LogP contribution is -2.28. The lowest BCUT2D eigenvalue weighted by atomic mass is 10.2. The number of hydrogen-bond donors (Lipinski definition) is 2. The summed E-state index contributed by atoms with van der Waals surface area (Å²) < 4.78 is 22.8. The van der Waals surface area contributed by atoms with E-state index in [9.17, 15) is 8.42 Å². The smallest absolute Gasteiger partial charge is 0.238 e. The van der Waals surface area contributed by atoms with Crippen molar-refractivity contribution in [2.24, 2.45) is 5.14 Å². The van der Waals surface area contributed by atoms with Gasteiger partial charge >= 0.3 is 0 Å². The fourth-order valence-corrected chi connectivity index (χ4v) is 2.54. The fraction of sp³-hybridized carbons (Fsp3) is 0.417. The van der Waals surface area contributed by atoms with Gasteiger partial charge in [-0.3, -0.25) is 0 Å². The molecule has 0 spiro atoms. The number of nitrogen functional groups attached to an aromatic ring is 1. The van der Waals surface area contributed by atoms with Crippen LogP contribution in [-0.2, 0) is 10.0 Å². The molecule has 19 heavy (non-hydrogen) atoms. The van der Waals surface area contributed by atoms with Crippen LogP contribution in [0.3, 0.4) is 0 Å². The molecule has 6 nitrogen and oxygen atoms in total. The van der Waals surface area contributed by atoms with Crippen molar-refractivity contribution in [1.82, 2.24) is 0 Å². The molecule has 102 valence electrons. The molecule has 2 rings (SSSR count). The van der Waals surface area contributed by atoms with Crippen molar-refractivity contribution < 1.29 is 8.42 Å². The van der Waals surface area contributed by atoms with Gasteiger partial charge in [0.25, 0.3) is 0 Å². The summed E-state index contributed by atoms with van der Waals surface area (Å²) in [5.74, 6) is 0. The van der Waals surface area contributed by atoms with Crippen LogP contribution in [-0.4, -0.2) is 21.0 Å². The van der Waals surface area contributed by atoms with E-state index in [1.165, 1.54) is 18.2 Å². The van der Waals surface area contributed by atoms with Crippen LogP contribution in [0.4, 0.5) is 11.4 Å². The topological polar surface area (TPSA) is 113 Å². The molecule has 1 aromatic carbocycles. The Morgan fingerprint density at radius 2 is 2.11 bits per heavy atom. The zero-order valence-electron chi connectivity index (χ0n) is 10.4. The lowest BCUT2D eigenvalue weighted by Gasteiger charge is -2.25. The molecule has 0 radical (unpaired) electrons. The molecule has 1 aliphatic carbocycles. The molecule has 0 amide bonds. The monoisotopic (exact) mass is 280 g/mol. The molecular formula is C12H16N4O2S. The van der Waals surface area contributed by atoms with E-state index in [0.717, 1.165) is 12.8 Å². The third-order valence-electron chi connectivity index (χ3n) is 3.09. The van der Waals surface area contributed by atoms with Gasteiger partial charge in [-0.25, -0.2) is 13.6 Å². The minimum atomic E-state index is -3.75. The van der Waals surface area contributed by atoms with Crippen LogP contribution in [0.25, 0.3) is 0 Å². The van der Waals surface area contributed by atoms with Gasteiger partial charge in [-0.15, -0.1) is 0 Å². The third-order valence-corrected chi connectivity index (χ3v) is 4.00. The summed E-state index contributed by atoms with van der Waals surface area (Å²) in [6, 6.07) is 6.85. The number of sulfonamides is 1. The molecule has 1 aromatic rings. The average Bonchev–Trinajstić information content (AvgIpc) is 3.14. The van der Waals surface area contributed by atoms with Gasteiger partial charge in [-0.2, -0.15) is 5.26 Å². The SMILES string of the molecule is N#CCCN(c1cc(S(N)(=O)=O)ccc1N)C1CC1. The summed E-state index contributed by atoms with van der Waals surface area (Å²) in [5, 5.41) is 13.8. The first-order chi connectivity index (χ1) is 8.93. The van der Waals surface area contributed by atoms with Crippen molar-refractivity contribution in [2.75, 3.05) is 17.2 Å². The Bertz CT molecular complexity index is 617. The first kappa shape index (κ1) is 13.6. The standard InChI is InChI=1S/C12H16N4O2S/c13-6-1-7-16(9-2-3-9)12-8-10(19(15,17)18)4-5-11(12)14/h4-5,8-9H,1-3,7,14H2,(H2,15,17,18). The molecule has 7 heteroatoms. The van der Waals surface area contributed by atoms with Crippen LogP contribution in [0.5, 0.6) is 0 Å². The van der Waals surface area contributed by atoms with Gasteiger partial charge in [0, 0.05) is 12.6 Å². The Labute approximate surface area is 112 Å². The number of nitriles is 1.